The molecule has 1 N–H and O–H groups in total. The van der Waals surface area contributed by atoms with Crippen LogP contribution in [-0.4, -0.2) is 16.6 Å². The van der Waals surface area contributed by atoms with Crippen molar-refractivity contribution in [2.75, 3.05) is 6.61 Å². The second-order valence-electron chi connectivity index (χ2n) is 2.00. The van der Waals surface area contributed by atoms with Crippen molar-refractivity contribution in [3.8, 4) is 0 Å². The monoisotopic (exact) mass is 157 g/mol. The van der Waals surface area contributed by atoms with E-state index in [0.717, 1.165) is 0 Å². The number of aliphatic hydroxyl groups excluding tert-OH is 1. The summed E-state index contributed by atoms with van der Waals surface area (Å²) in [5.74, 6) is 0.178. The van der Waals surface area contributed by atoms with E-state index in [2.05, 4.69) is 0 Å². The van der Waals surface area contributed by atoms with E-state index in [-0.39, 0.29) is 5.76 Å². The van der Waals surface area contributed by atoms with Gasteiger partial charge in [0.1, 0.15) is 6.61 Å². The molecular weight excluding hydrogens is 150 g/mol. The fraction of sp³-hybridized carbons (Fsp3) is 0.333. The third-order valence-electron chi connectivity index (χ3n) is 1.30. The van der Waals surface area contributed by atoms with E-state index >= 15 is 0 Å². The molecule has 5 nitrogen and oxygen atoms in total. The van der Waals surface area contributed by atoms with E-state index in [9.17, 15) is 10.1 Å². The lowest BCUT2D eigenvalue weighted by atomic mass is 10.2. The number of rotatable bonds is 3. The minimum absolute atomic E-state index is 0.178. The first kappa shape index (κ1) is 7.74. The average molecular weight is 157 g/mol. The summed E-state index contributed by atoms with van der Waals surface area (Å²) in [6.45, 7) is -0.541. The first-order chi connectivity index (χ1) is 5.25. The molecule has 5 heteroatoms. The summed E-state index contributed by atoms with van der Waals surface area (Å²) >= 11 is 0. The summed E-state index contributed by atoms with van der Waals surface area (Å²) in [6.07, 6.45) is 1.33. The third kappa shape index (κ3) is 1.56. The van der Waals surface area contributed by atoms with Gasteiger partial charge in [0.05, 0.1) is 6.26 Å². The van der Waals surface area contributed by atoms with Gasteiger partial charge >= 0.3 is 0 Å². The van der Waals surface area contributed by atoms with E-state index < -0.39 is 17.6 Å². The summed E-state index contributed by atoms with van der Waals surface area (Å²) in [5.41, 5.74) is 0. The van der Waals surface area contributed by atoms with Crippen LogP contribution in [0.3, 0.4) is 0 Å². The van der Waals surface area contributed by atoms with Gasteiger partial charge in [-0.15, -0.1) is 0 Å². The van der Waals surface area contributed by atoms with Crippen LogP contribution in [0.25, 0.3) is 0 Å². The van der Waals surface area contributed by atoms with Crippen molar-refractivity contribution >= 4 is 0 Å². The van der Waals surface area contributed by atoms with Gasteiger partial charge in [0.15, 0.2) is 5.76 Å². The molecule has 0 radical (unpaired) electrons. The van der Waals surface area contributed by atoms with Crippen molar-refractivity contribution in [2.45, 2.75) is 6.04 Å². The number of nitro groups is 1. The van der Waals surface area contributed by atoms with Gasteiger partial charge in [0.25, 0.3) is 6.04 Å². The Morgan fingerprint density at radius 3 is 2.91 bits per heavy atom. The second-order valence-corrected chi connectivity index (χ2v) is 2.00. The van der Waals surface area contributed by atoms with Crippen molar-refractivity contribution in [1.82, 2.24) is 0 Å². The fourth-order valence-electron chi connectivity index (χ4n) is 0.741. The number of hydrogen-bond acceptors (Lipinski definition) is 4. The maximum Gasteiger partial charge on any atom is 0.292 e. The maximum atomic E-state index is 10.2. The quantitative estimate of drug-likeness (QED) is 0.514. The SMILES string of the molecule is O=[N+]([O-])C(CO)c1ccco1. The molecule has 0 aromatic carbocycles. The van der Waals surface area contributed by atoms with Crippen LogP contribution in [-0.2, 0) is 0 Å². The number of nitrogens with zero attached hydrogens (tertiary/aromatic N) is 1. The van der Waals surface area contributed by atoms with Gasteiger partial charge < -0.3 is 9.52 Å². The van der Waals surface area contributed by atoms with Crippen LogP contribution >= 0.6 is 0 Å². The molecule has 11 heavy (non-hydrogen) atoms. The predicted octanol–water partition coefficient (Wildman–Crippen LogP) is 0.590. The van der Waals surface area contributed by atoms with Crippen molar-refractivity contribution in [3.63, 3.8) is 0 Å². The average Bonchev–Trinajstić information content (AvgIpc) is 2.40. The first-order valence-electron chi connectivity index (χ1n) is 3.03. The summed E-state index contributed by atoms with van der Waals surface area (Å²) in [6, 6.07) is 1.87. The third-order valence-corrected chi connectivity index (χ3v) is 1.30. The Morgan fingerprint density at radius 1 is 1.82 bits per heavy atom. The van der Waals surface area contributed by atoms with E-state index in [4.69, 9.17) is 9.52 Å². The number of hydrogen-bond donors (Lipinski definition) is 1. The molecule has 1 heterocycles. The van der Waals surface area contributed by atoms with Gasteiger partial charge in [-0.05, 0) is 12.1 Å². The Hall–Kier alpha value is -1.36. The van der Waals surface area contributed by atoms with Gasteiger partial charge in [0, 0.05) is 4.92 Å². The molecule has 0 saturated carbocycles. The molecule has 0 aliphatic rings. The molecular formula is C6H7NO4. The van der Waals surface area contributed by atoms with Crippen LogP contribution in [0.15, 0.2) is 22.8 Å². The highest BCUT2D eigenvalue weighted by Gasteiger charge is 2.23. The summed E-state index contributed by atoms with van der Waals surface area (Å²) in [5, 5.41) is 18.8. The predicted molar refractivity (Wildman–Crippen MR) is 35.5 cm³/mol. The topological polar surface area (TPSA) is 76.5 Å². The molecule has 1 atom stereocenters. The zero-order valence-electron chi connectivity index (χ0n) is 5.64. The van der Waals surface area contributed by atoms with E-state index in [0.29, 0.717) is 0 Å². The largest absolute Gasteiger partial charge is 0.462 e. The normalized spacial score (nSPS) is 12.8. The minimum atomic E-state index is -1.13. The summed E-state index contributed by atoms with van der Waals surface area (Å²) in [7, 11) is 0. The van der Waals surface area contributed by atoms with Gasteiger partial charge in [0.2, 0.25) is 0 Å². The molecule has 0 saturated heterocycles. The van der Waals surface area contributed by atoms with E-state index in [1.165, 1.54) is 12.3 Å². The van der Waals surface area contributed by atoms with Gasteiger partial charge in [-0.2, -0.15) is 0 Å². The molecule has 60 valence electrons. The highest BCUT2D eigenvalue weighted by atomic mass is 16.6. The molecule has 1 aromatic rings. The molecule has 0 spiro atoms. The van der Waals surface area contributed by atoms with Crippen LogP contribution in [0.5, 0.6) is 0 Å². The van der Waals surface area contributed by atoms with Crippen LogP contribution in [0.1, 0.15) is 11.8 Å². The fourth-order valence-corrected chi connectivity index (χ4v) is 0.741. The second kappa shape index (κ2) is 3.16. The Labute approximate surface area is 62.4 Å². The molecule has 0 bridgehead atoms. The number of furan rings is 1. The highest BCUT2D eigenvalue weighted by Crippen LogP contribution is 2.15. The van der Waals surface area contributed by atoms with Crippen LogP contribution in [0, 0.1) is 10.1 Å². The van der Waals surface area contributed by atoms with Gasteiger partial charge in [-0.1, -0.05) is 0 Å². The van der Waals surface area contributed by atoms with Crippen LogP contribution in [0.2, 0.25) is 0 Å². The molecule has 1 rings (SSSR count). The van der Waals surface area contributed by atoms with Crippen LogP contribution in [0.4, 0.5) is 0 Å². The first-order valence-corrected chi connectivity index (χ1v) is 3.03. The number of aliphatic hydroxyl groups is 1. The maximum absolute atomic E-state index is 10.2. The van der Waals surface area contributed by atoms with Crippen molar-refractivity contribution in [2.24, 2.45) is 0 Å². The molecule has 0 fully saturated rings. The lowest BCUT2D eigenvalue weighted by molar-refractivity contribution is -0.535. The summed E-state index contributed by atoms with van der Waals surface area (Å²) in [4.78, 5) is 9.63. The van der Waals surface area contributed by atoms with Crippen molar-refractivity contribution < 1.29 is 14.4 Å². The lowest BCUT2D eigenvalue weighted by Crippen LogP contribution is -2.13. The summed E-state index contributed by atoms with van der Waals surface area (Å²) < 4.78 is 4.75. The standard InChI is InChI=1S/C6H7NO4/c8-4-5(7(9)10)6-2-1-3-11-6/h1-3,5,8H,4H2. The van der Waals surface area contributed by atoms with E-state index in [1.54, 1.807) is 6.07 Å². The highest BCUT2D eigenvalue weighted by molar-refractivity contribution is 5.01. The van der Waals surface area contributed by atoms with Gasteiger partial charge in [-0.3, -0.25) is 10.1 Å². The Bertz CT molecular complexity index is 231. The Balaban J connectivity index is 2.79. The zero-order valence-corrected chi connectivity index (χ0v) is 5.64. The van der Waals surface area contributed by atoms with Crippen molar-refractivity contribution in [3.05, 3.63) is 34.3 Å². The Kier molecular flexibility index (Phi) is 2.22. The molecule has 0 aliphatic heterocycles. The van der Waals surface area contributed by atoms with Gasteiger partial charge in [-0.25, -0.2) is 0 Å². The molecule has 1 aromatic heterocycles. The zero-order chi connectivity index (χ0) is 8.27. The molecule has 1 unspecified atom stereocenters. The van der Waals surface area contributed by atoms with Crippen LogP contribution < -0.4 is 0 Å². The minimum Gasteiger partial charge on any atom is -0.462 e. The Morgan fingerprint density at radius 2 is 2.55 bits per heavy atom. The molecule has 0 aliphatic carbocycles. The van der Waals surface area contributed by atoms with E-state index in [1.807, 2.05) is 0 Å². The molecule has 0 amide bonds. The lowest BCUT2D eigenvalue weighted by Gasteiger charge is -2.00. The smallest absolute Gasteiger partial charge is 0.292 e. The van der Waals surface area contributed by atoms with Crippen molar-refractivity contribution in [1.29, 1.82) is 0 Å².